The van der Waals surface area contributed by atoms with Gasteiger partial charge in [0.1, 0.15) is 0 Å². The van der Waals surface area contributed by atoms with E-state index in [2.05, 4.69) is 4.98 Å². The normalized spacial score (nSPS) is 11.8. The summed E-state index contributed by atoms with van der Waals surface area (Å²) in [7, 11) is 0. The number of hydrogen-bond acceptors (Lipinski definition) is 3. The van der Waals surface area contributed by atoms with Crippen LogP contribution in [0.3, 0.4) is 0 Å². The lowest BCUT2D eigenvalue weighted by atomic mass is 10.1. The molecule has 0 saturated heterocycles. The van der Waals surface area contributed by atoms with E-state index in [9.17, 15) is 13.2 Å². The van der Waals surface area contributed by atoms with E-state index in [-0.39, 0.29) is 6.54 Å². The van der Waals surface area contributed by atoms with Crippen molar-refractivity contribution in [2.45, 2.75) is 12.7 Å². The van der Waals surface area contributed by atoms with Crippen LogP contribution >= 0.6 is 11.3 Å². The topological polar surface area (TPSA) is 38.9 Å². The van der Waals surface area contributed by atoms with E-state index < -0.39 is 11.2 Å². The van der Waals surface area contributed by atoms with Gasteiger partial charge >= 0.3 is 6.18 Å². The van der Waals surface area contributed by atoms with Crippen molar-refractivity contribution in [1.29, 1.82) is 0 Å². The fraction of sp³-hybridized carbons (Fsp3) is 0.182. The van der Waals surface area contributed by atoms with Crippen molar-refractivity contribution in [2.75, 3.05) is 0 Å². The van der Waals surface area contributed by atoms with Crippen LogP contribution in [0.2, 0.25) is 0 Å². The van der Waals surface area contributed by atoms with Gasteiger partial charge in [0.05, 0.1) is 5.69 Å². The van der Waals surface area contributed by atoms with Crippen LogP contribution in [-0.2, 0) is 12.7 Å². The molecule has 0 atom stereocenters. The summed E-state index contributed by atoms with van der Waals surface area (Å²) in [4.78, 5) is 4.08. The van der Waals surface area contributed by atoms with E-state index in [0.717, 1.165) is 0 Å². The average Bonchev–Trinajstić information content (AvgIpc) is 2.73. The Morgan fingerprint density at radius 3 is 2.35 bits per heavy atom. The van der Waals surface area contributed by atoms with Crippen molar-refractivity contribution >= 4 is 11.3 Å². The second-order valence-electron chi connectivity index (χ2n) is 3.36. The zero-order chi connectivity index (χ0) is 12.5. The number of rotatable bonds is 2. The number of thiazole rings is 1. The van der Waals surface area contributed by atoms with Crippen molar-refractivity contribution in [3.63, 3.8) is 0 Å². The highest BCUT2D eigenvalue weighted by molar-refractivity contribution is 7.12. The van der Waals surface area contributed by atoms with E-state index in [1.54, 1.807) is 30.3 Å². The minimum atomic E-state index is -4.42. The third-order valence-electron chi connectivity index (χ3n) is 2.17. The van der Waals surface area contributed by atoms with Crippen molar-refractivity contribution in [1.82, 2.24) is 4.98 Å². The van der Waals surface area contributed by atoms with Crippen LogP contribution in [0.4, 0.5) is 13.2 Å². The molecule has 2 aromatic rings. The number of halogens is 3. The molecule has 0 fully saturated rings. The Bertz CT molecular complexity index is 505. The van der Waals surface area contributed by atoms with E-state index in [0.29, 0.717) is 27.5 Å². The van der Waals surface area contributed by atoms with Crippen LogP contribution in [0.25, 0.3) is 11.3 Å². The first-order valence-corrected chi connectivity index (χ1v) is 5.66. The molecule has 0 spiro atoms. The molecule has 0 aliphatic heterocycles. The summed E-state index contributed by atoms with van der Waals surface area (Å²) in [5.41, 5.74) is 6.42. The van der Waals surface area contributed by atoms with Gasteiger partial charge in [0, 0.05) is 17.0 Å². The van der Waals surface area contributed by atoms with E-state index in [4.69, 9.17) is 5.73 Å². The molecule has 6 heteroatoms. The molecular formula is C11H9F3N2S. The molecule has 0 bridgehead atoms. The van der Waals surface area contributed by atoms with Crippen LogP contribution in [0.1, 0.15) is 9.88 Å². The van der Waals surface area contributed by atoms with E-state index >= 15 is 0 Å². The highest BCUT2D eigenvalue weighted by Gasteiger charge is 2.35. The molecule has 1 heterocycles. The number of nitrogens with zero attached hydrogens (tertiary/aromatic N) is 1. The Hall–Kier alpha value is -1.40. The molecule has 0 aliphatic carbocycles. The molecule has 2 N–H and O–H groups in total. The average molecular weight is 258 g/mol. The fourth-order valence-corrected chi connectivity index (χ4v) is 2.26. The van der Waals surface area contributed by atoms with Gasteiger partial charge in [-0.3, -0.25) is 0 Å². The summed E-state index contributed by atoms with van der Waals surface area (Å²) in [5.74, 6) is 0. The number of hydrogen-bond donors (Lipinski definition) is 1. The summed E-state index contributed by atoms with van der Waals surface area (Å²) in [6, 6.07) is 8.73. The first-order valence-electron chi connectivity index (χ1n) is 4.84. The molecule has 17 heavy (non-hydrogen) atoms. The van der Waals surface area contributed by atoms with Gasteiger partial charge < -0.3 is 5.73 Å². The lowest BCUT2D eigenvalue weighted by Gasteiger charge is -2.00. The summed E-state index contributed by atoms with van der Waals surface area (Å²) in [6.45, 7) is 0.0535. The summed E-state index contributed by atoms with van der Waals surface area (Å²) in [5, 5.41) is -0.850. The quantitative estimate of drug-likeness (QED) is 0.897. The second-order valence-corrected chi connectivity index (χ2v) is 4.44. The standard InChI is InChI=1S/C11H9F3N2S/c12-11(13,14)10-16-9(8(6-15)17-10)7-4-2-1-3-5-7/h1-5H,6,15H2. The Morgan fingerprint density at radius 2 is 1.82 bits per heavy atom. The van der Waals surface area contributed by atoms with Gasteiger partial charge in [-0.25, -0.2) is 4.98 Å². The monoisotopic (exact) mass is 258 g/mol. The molecule has 0 unspecified atom stereocenters. The summed E-state index contributed by atoms with van der Waals surface area (Å²) >= 11 is 0.600. The van der Waals surface area contributed by atoms with Crippen molar-refractivity contribution in [3.05, 3.63) is 40.2 Å². The molecule has 0 saturated carbocycles. The number of benzene rings is 1. The summed E-state index contributed by atoms with van der Waals surface area (Å²) < 4.78 is 37.6. The van der Waals surface area contributed by atoms with Crippen LogP contribution in [0, 0.1) is 0 Å². The highest BCUT2D eigenvalue weighted by atomic mass is 32.1. The molecule has 0 radical (unpaired) electrons. The zero-order valence-corrected chi connectivity index (χ0v) is 9.48. The Morgan fingerprint density at radius 1 is 1.18 bits per heavy atom. The molecule has 1 aromatic heterocycles. The largest absolute Gasteiger partial charge is 0.443 e. The Balaban J connectivity index is 2.51. The summed E-state index contributed by atoms with van der Waals surface area (Å²) in [6.07, 6.45) is -4.42. The minimum absolute atomic E-state index is 0.0535. The number of aromatic nitrogens is 1. The minimum Gasteiger partial charge on any atom is -0.326 e. The third-order valence-corrected chi connectivity index (χ3v) is 3.29. The highest BCUT2D eigenvalue weighted by Crippen LogP contribution is 2.37. The molecular weight excluding hydrogens is 249 g/mol. The van der Waals surface area contributed by atoms with Gasteiger partial charge in [-0.15, -0.1) is 11.3 Å². The molecule has 2 nitrogen and oxygen atoms in total. The SMILES string of the molecule is NCc1sc(C(F)(F)F)nc1-c1ccccc1. The van der Waals surface area contributed by atoms with Crippen LogP contribution in [0.15, 0.2) is 30.3 Å². The molecule has 1 aromatic carbocycles. The van der Waals surface area contributed by atoms with Gasteiger partial charge in [0.25, 0.3) is 0 Å². The third kappa shape index (κ3) is 2.48. The van der Waals surface area contributed by atoms with Gasteiger partial charge in [-0.1, -0.05) is 30.3 Å². The van der Waals surface area contributed by atoms with Gasteiger partial charge in [0.2, 0.25) is 0 Å². The Labute approximate surface area is 99.9 Å². The zero-order valence-electron chi connectivity index (χ0n) is 8.66. The van der Waals surface area contributed by atoms with E-state index in [1.165, 1.54) is 0 Å². The molecule has 0 amide bonds. The first kappa shape index (κ1) is 12.1. The number of nitrogens with two attached hydrogens (primary N) is 1. The molecule has 0 aliphatic rings. The van der Waals surface area contributed by atoms with E-state index in [1.807, 2.05) is 0 Å². The molecule has 2 rings (SSSR count). The van der Waals surface area contributed by atoms with Gasteiger partial charge in [-0.05, 0) is 0 Å². The van der Waals surface area contributed by atoms with Crippen molar-refractivity contribution in [2.24, 2.45) is 5.73 Å². The predicted molar refractivity (Wildman–Crippen MR) is 60.4 cm³/mol. The Kier molecular flexibility index (Phi) is 3.17. The maximum absolute atomic E-state index is 12.5. The lowest BCUT2D eigenvalue weighted by molar-refractivity contribution is -0.137. The first-order chi connectivity index (χ1) is 8.02. The van der Waals surface area contributed by atoms with Gasteiger partial charge in [-0.2, -0.15) is 13.2 Å². The fourth-order valence-electron chi connectivity index (χ4n) is 1.43. The lowest BCUT2D eigenvalue weighted by Crippen LogP contribution is -2.03. The second kappa shape index (κ2) is 4.46. The maximum atomic E-state index is 12.5. The van der Waals surface area contributed by atoms with Crippen LogP contribution < -0.4 is 5.73 Å². The number of alkyl halides is 3. The van der Waals surface area contributed by atoms with Crippen LogP contribution in [0.5, 0.6) is 0 Å². The smallest absolute Gasteiger partial charge is 0.326 e. The van der Waals surface area contributed by atoms with Gasteiger partial charge in [0.15, 0.2) is 5.01 Å². The molecule has 90 valence electrons. The maximum Gasteiger partial charge on any atom is 0.443 e. The van der Waals surface area contributed by atoms with Crippen molar-refractivity contribution < 1.29 is 13.2 Å². The predicted octanol–water partition coefficient (Wildman–Crippen LogP) is 3.29. The van der Waals surface area contributed by atoms with Crippen molar-refractivity contribution in [3.8, 4) is 11.3 Å². The van der Waals surface area contributed by atoms with Crippen LogP contribution in [-0.4, -0.2) is 4.98 Å².